The Kier molecular flexibility index (Phi) is 6.08. The van der Waals surface area contributed by atoms with Crippen molar-refractivity contribution in [3.63, 3.8) is 0 Å². The molecule has 0 saturated heterocycles. The van der Waals surface area contributed by atoms with Crippen LogP contribution in [0.1, 0.15) is 26.7 Å². The first-order valence-corrected chi connectivity index (χ1v) is 4.47. The number of rotatable bonds is 6. The van der Waals surface area contributed by atoms with E-state index >= 15 is 0 Å². The second kappa shape index (κ2) is 6.80. The molecule has 15 heavy (non-hydrogen) atoms. The molecule has 6 nitrogen and oxygen atoms in total. The van der Waals surface area contributed by atoms with Gasteiger partial charge >= 0.3 is 17.9 Å². The van der Waals surface area contributed by atoms with Crippen LogP contribution in [-0.2, 0) is 23.9 Å². The van der Waals surface area contributed by atoms with Crippen LogP contribution in [0.25, 0.3) is 0 Å². The smallest absolute Gasteiger partial charge is 0.345 e. The topological polar surface area (TPSA) is 89.9 Å². The van der Waals surface area contributed by atoms with E-state index in [9.17, 15) is 14.4 Å². The molecule has 1 unspecified atom stereocenters. The van der Waals surface area contributed by atoms with E-state index in [0.29, 0.717) is 6.42 Å². The molecule has 86 valence electrons. The SMILES string of the molecule is CC(=O)OCCCC(OC(C)=O)C(=O)O. The Morgan fingerprint density at radius 3 is 2.20 bits per heavy atom. The standard InChI is InChI=1S/C9H14O6/c1-6(10)14-5-3-4-8(9(12)13)15-7(2)11/h8H,3-5H2,1-2H3,(H,12,13). The van der Waals surface area contributed by atoms with E-state index in [2.05, 4.69) is 9.47 Å². The van der Waals surface area contributed by atoms with E-state index in [4.69, 9.17) is 5.11 Å². The summed E-state index contributed by atoms with van der Waals surface area (Å²) in [5.74, 6) is -2.27. The molecule has 1 N–H and O–H groups in total. The Morgan fingerprint density at radius 1 is 1.20 bits per heavy atom. The van der Waals surface area contributed by atoms with Gasteiger partial charge in [-0.3, -0.25) is 9.59 Å². The van der Waals surface area contributed by atoms with Crippen LogP contribution in [0.3, 0.4) is 0 Å². The number of carboxylic acids is 1. The Balaban J connectivity index is 3.81. The Bertz CT molecular complexity index is 247. The van der Waals surface area contributed by atoms with Crippen molar-refractivity contribution < 1.29 is 29.0 Å². The average molecular weight is 218 g/mol. The minimum absolute atomic E-state index is 0.125. The molecule has 0 radical (unpaired) electrons. The van der Waals surface area contributed by atoms with Crippen LogP contribution in [0.2, 0.25) is 0 Å². The van der Waals surface area contributed by atoms with Crippen molar-refractivity contribution in [1.82, 2.24) is 0 Å². The van der Waals surface area contributed by atoms with E-state index in [1.807, 2.05) is 0 Å². The summed E-state index contributed by atoms with van der Waals surface area (Å²) in [4.78, 5) is 31.5. The van der Waals surface area contributed by atoms with Crippen molar-refractivity contribution >= 4 is 17.9 Å². The summed E-state index contributed by atoms with van der Waals surface area (Å²) >= 11 is 0. The summed E-state index contributed by atoms with van der Waals surface area (Å²) < 4.78 is 9.14. The zero-order chi connectivity index (χ0) is 11.8. The summed E-state index contributed by atoms with van der Waals surface area (Å²) in [5, 5.41) is 8.65. The maximum atomic E-state index is 10.6. The predicted molar refractivity (Wildman–Crippen MR) is 49.1 cm³/mol. The van der Waals surface area contributed by atoms with Crippen LogP contribution in [0.4, 0.5) is 0 Å². The second-order valence-corrected chi connectivity index (χ2v) is 2.92. The van der Waals surface area contributed by atoms with Crippen molar-refractivity contribution in [3.05, 3.63) is 0 Å². The molecular formula is C9H14O6. The Hall–Kier alpha value is -1.59. The zero-order valence-corrected chi connectivity index (χ0v) is 8.69. The number of carbonyl (C=O) groups excluding carboxylic acids is 2. The summed E-state index contributed by atoms with van der Waals surface area (Å²) in [5.41, 5.74) is 0. The number of carbonyl (C=O) groups is 3. The molecule has 0 spiro atoms. The number of esters is 2. The van der Waals surface area contributed by atoms with Gasteiger partial charge in [0.15, 0.2) is 6.10 Å². The van der Waals surface area contributed by atoms with Gasteiger partial charge in [-0.15, -0.1) is 0 Å². The first-order valence-electron chi connectivity index (χ1n) is 4.47. The van der Waals surface area contributed by atoms with Crippen molar-refractivity contribution in [1.29, 1.82) is 0 Å². The van der Waals surface area contributed by atoms with Gasteiger partial charge in [0, 0.05) is 13.8 Å². The van der Waals surface area contributed by atoms with Crippen LogP contribution >= 0.6 is 0 Å². The lowest BCUT2D eigenvalue weighted by atomic mass is 10.2. The zero-order valence-electron chi connectivity index (χ0n) is 8.69. The number of ether oxygens (including phenoxy) is 2. The molecule has 0 saturated carbocycles. The molecule has 0 aliphatic rings. The number of carboxylic acid groups (broad SMARTS) is 1. The molecule has 1 atom stereocenters. The molecule has 0 rings (SSSR count). The molecule has 0 fully saturated rings. The third kappa shape index (κ3) is 7.48. The summed E-state index contributed by atoms with van der Waals surface area (Å²) in [6.07, 6.45) is -0.704. The molecule has 0 aromatic rings. The Morgan fingerprint density at radius 2 is 1.80 bits per heavy atom. The quantitative estimate of drug-likeness (QED) is 0.511. The molecule has 0 heterocycles. The first kappa shape index (κ1) is 13.4. The third-order valence-electron chi connectivity index (χ3n) is 1.50. The van der Waals surface area contributed by atoms with E-state index in [-0.39, 0.29) is 13.0 Å². The summed E-state index contributed by atoms with van der Waals surface area (Å²) in [6, 6.07) is 0. The lowest BCUT2D eigenvalue weighted by Crippen LogP contribution is -2.26. The van der Waals surface area contributed by atoms with E-state index in [1.165, 1.54) is 6.92 Å². The second-order valence-electron chi connectivity index (χ2n) is 2.92. The fourth-order valence-corrected chi connectivity index (χ4v) is 0.918. The molecular weight excluding hydrogens is 204 g/mol. The minimum Gasteiger partial charge on any atom is -0.479 e. The highest BCUT2D eigenvalue weighted by Gasteiger charge is 2.19. The van der Waals surface area contributed by atoms with Gasteiger partial charge in [-0.05, 0) is 12.8 Å². The van der Waals surface area contributed by atoms with Crippen molar-refractivity contribution in [2.45, 2.75) is 32.8 Å². The Labute approximate surface area is 87.2 Å². The lowest BCUT2D eigenvalue weighted by Gasteiger charge is -2.11. The third-order valence-corrected chi connectivity index (χ3v) is 1.50. The van der Waals surface area contributed by atoms with Gasteiger partial charge < -0.3 is 14.6 Å². The predicted octanol–water partition coefficient (Wildman–Crippen LogP) is 0.346. The summed E-state index contributed by atoms with van der Waals surface area (Å²) in [7, 11) is 0. The minimum atomic E-state index is -1.20. The van der Waals surface area contributed by atoms with Gasteiger partial charge in [0.05, 0.1) is 6.61 Å². The lowest BCUT2D eigenvalue weighted by molar-refractivity contribution is -0.163. The van der Waals surface area contributed by atoms with Crippen molar-refractivity contribution in [3.8, 4) is 0 Å². The average Bonchev–Trinajstić information content (AvgIpc) is 2.08. The van der Waals surface area contributed by atoms with Crippen molar-refractivity contribution in [2.75, 3.05) is 6.61 Å². The number of hydrogen-bond acceptors (Lipinski definition) is 5. The number of aliphatic carboxylic acids is 1. The molecule has 6 heteroatoms. The van der Waals surface area contributed by atoms with Gasteiger partial charge in [-0.2, -0.15) is 0 Å². The maximum Gasteiger partial charge on any atom is 0.345 e. The van der Waals surface area contributed by atoms with Gasteiger partial charge in [0.2, 0.25) is 0 Å². The van der Waals surface area contributed by atoms with Crippen LogP contribution < -0.4 is 0 Å². The molecule has 0 aliphatic carbocycles. The monoisotopic (exact) mass is 218 g/mol. The van der Waals surface area contributed by atoms with Crippen molar-refractivity contribution in [2.24, 2.45) is 0 Å². The number of hydrogen-bond donors (Lipinski definition) is 1. The van der Waals surface area contributed by atoms with Crippen LogP contribution in [0.5, 0.6) is 0 Å². The maximum absolute atomic E-state index is 10.6. The largest absolute Gasteiger partial charge is 0.479 e. The summed E-state index contributed by atoms with van der Waals surface area (Å²) in [6.45, 7) is 2.53. The van der Waals surface area contributed by atoms with Crippen LogP contribution in [0, 0.1) is 0 Å². The van der Waals surface area contributed by atoms with E-state index < -0.39 is 24.0 Å². The molecule has 0 aliphatic heterocycles. The fourth-order valence-electron chi connectivity index (χ4n) is 0.918. The molecule has 0 aromatic carbocycles. The highest BCUT2D eigenvalue weighted by atomic mass is 16.6. The molecule has 0 bridgehead atoms. The first-order chi connectivity index (χ1) is 6.93. The fraction of sp³-hybridized carbons (Fsp3) is 0.667. The highest BCUT2D eigenvalue weighted by Crippen LogP contribution is 2.03. The van der Waals surface area contributed by atoms with Crippen LogP contribution in [0.15, 0.2) is 0 Å². The van der Waals surface area contributed by atoms with Gasteiger partial charge in [-0.1, -0.05) is 0 Å². The van der Waals surface area contributed by atoms with Crippen LogP contribution in [-0.4, -0.2) is 35.7 Å². The molecule has 0 amide bonds. The van der Waals surface area contributed by atoms with Gasteiger partial charge in [-0.25, -0.2) is 4.79 Å². The van der Waals surface area contributed by atoms with E-state index in [0.717, 1.165) is 6.92 Å². The van der Waals surface area contributed by atoms with Gasteiger partial charge in [0.25, 0.3) is 0 Å². The highest BCUT2D eigenvalue weighted by molar-refractivity contribution is 5.76. The van der Waals surface area contributed by atoms with Gasteiger partial charge in [0.1, 0.15) is 0 Å². The van der Waals surface area contributed by atoms with E-state index in [1.54, 1.807) is 0 Å². The normalized spacial score (nSPS) is 11.6. The molecule has 0 aromatic heterocycles.